The Morgan fingerprint density at radius 2 is 1.58 bits per heavy atom. The summed E-state index contributed by atoms with van der Waals surface area (Å²) in [6.07, 6.45) is 0.0879. The second kappa shape index (κ2) is 8.84. The molecule has 4 atom stereocenters. The third-order valence-electron chi connectivity index (χ3n) is 6.45. The maximum absolute atomic E-state index is 12.7. The number of rotatable bonds is 7. The number of fused-ring (bicyclic) bond motifs is 1. The molecule has 4 rings (SSSR count). The molecule has 2 aliphatic rings. The van der Waals surface area contributed by atoms with Crippen LogP contribution in [0.15, 0.2) is 73.3 Å². The third kappa shape index (κ3) is 4.33. The molecule has 33 heavy (non-hydrogen) atoms. The highest BCUT2D eigenvalue weighted by molar-refractivity contribution is 6.99. The zero-order chi connectivity index (χ0) is 23.9. The van der Waals surface area contributed by atoms with Crippen molar-refractivity contribution in [3.63, 3.8) is 0 Å². The molecule has 0 unspecified atom stereocenters. The normalized spacial score (nSPS) is 25.4. The van der Waals surface area contributed by atoms with Crippen molar-refractivity contribution in [2.24, 2.45) is 0 Å². The molecule has 176 valence electrons. The van der Waals surface area contributed by atoms with E-state index in [1.165, 1.54) is 10.4 Å². The topological polar surface area (TPSA) is 54.0 Å². The van der Waals surface area contributed by atoms with Gasteiger partial charge in [0.25, 0.3) is 8.32 Å². The first-order chi connectivity index (χ1) is 15.6. The molecule has 2 aliphatic heterocycles. The Balaban J connectivity index is 1.82. The zero-order valence-electron chi connectivity index (χ0n) is 20.1. The Morgan fingerprint density at radius 1 is 1.03 bits per heavy atom. The summed E-state index contributed by atoms with van der Waals surface area (Å²) in [7, 11) is -2.85. The summed E-state index contributed by atoms with van der Waals surface area (Å²) >= 11 is 0. The summed E-state index contributed by atoms with van der Waals surface area (Å²) in [6.45, 7) is 14.3. The molecule has 2 saturated heterocycles. The lowest BCUT2D eigenvalue weighted by molar-refractivity contribution is -0.192. The fourth-order valence-electron chi connectivity index (χ4n) is 5.10. The maximum Gasteiger partial charge on any atom is 0.338 e. The van der Waals surface area contributed by atoms with Gasteiger partial charge in [0, 0.05) is 0 Å². The van der Waals surface area contributed by atoms with Crippen LogP contribution < -0.4 is 10.4 Å². The fourth-order valence-corrected chi connectivity index (χ4v) is 9.80. The minimum absolute atomic E-state index is 0.205. The van der Waals surface area contributed by atoms with Crippen LogP contribution >= 0.6 is 0 Å². The van der Waals surface area contributed by atoms with Gasteiger partial charge in [-0.05, 0) is 35.7 Å². The molecule has 0 bridgehead atoms. The molecule has 0 N–H and O–H groups in total. The smallest absolute Gasteiger partial charge is 0.338 e. The Bertz CT molecular complexity index is 943. The SMILES string of the molecule is C=CC[C@H](O[Si](c1ccccc1)(c1ccccc1)C(C)(C)C)[C@H]1OC(=O)[C@H]2OC(C)(C)O[C@@H]12. The molecule has 6 heteroatoms. The van der Waals surface area contributed by atoms with Gasteiger partial charge >= 0.3 is 5.97 Å². The predicted octanol–water partition coefficient (Wildman–Crippen LogP) is 3.95. The summed E-state index contributed by atoms with van der Waals surface area (Å²) < 4.78 is 25.1. The Kier molecular flexibility index (Phi) is 6.40. The van der Waals surface area contributed by atoms with Crippen LogP contribution in [0.3, 0.4) is 0 Å². The van der Waals surface area contributed by atoms with Gasteiger partial charge in [0.05, 0.1) is 6.10 Å². The molecular formula is C27H34O5Si. The predicted molar refractivity (Wildman–Crippen MR) is 131 cm³/mol. The summed E-state index contributed by atoms with van der Waals surface area (Å²) in [5, 5.41) is 2.13. The Morgan fingerprint density at radius 3 is 2.06 bits per heavy atom. The van der Waals surface area contributed by atoms with E-state index in [4.69, 9.17) is 18.6 Å². The number of ether oxygens (including phenoxy) is 3. The number of cyclic esters (lactones) is 1. The van der Waals surface area contributed by atoms with Crippen molar-refractivity contribution in [3.05, 3.63) is 73.3 Å². The monoisotopic (exact) mass is 466 g/mol. The van der Waals surface area contributed by atoms with Gasteiger partial charge in [0.2, 0.25) is 0 Å². The van der Waals surface area contributed by atoms with Crippen LogP contribution in [0.5, 0.6) is 0 Å². The van der Waals surface area contributed by atoms with Crippen molar-refractivity contribution in [1.82, 2.24) is 0 Å². The van der Waals surface area contributed by atoms with E-state index in [0.29, 0.717) is 6.42 Å². The van der Waals surface area contributed by atoms with Crippen molar-refractivity contribution in [1.29, 1.82) is 0 Å². The molecule has 2 aromatic rings. The lowest BCUT2D eigenvalue weighted by atomic mass is 10.0. The van der Waals surface area contributed by atoms with E-state index < -0.39 is 44.5 Å². The summed E-state index contributed by atoms with van der Waals surface area (Å²) in [6, 6.07) is 20.9. The van der Waals surface area contributed by atoms with E-state index in [0.717, 1.165) is 0 Å². The Labute approximate surface area is 197 Å². The summed E-state index contributed by atoms with van der Waals surface area (Å²) in [5.74, 6) is -1.24. The number of esters is 1. The summed E-state index contributed by atoms with van der Waals surface area (Å²) in [5.41, 5.74) is 0. The largest absolute Gasteiger partial charge is 0.455 e. The highest BCUT2D eigenvalue weighted by Crippen LogP contribution is 2.42. The summed E-state index contributed by atoms with van der Waals surface area (Å²) in [4.78, 5) is 12.7. The highest BCUT2D eigenvalue weighted by atomic mass is 28.4. The molecule has 0 saturated carbocycles. The number of hydrogen-bond donors (Lipinski definition) is 0. The van der Waals surface area contributed by atoms with Crippen LogP contribution in [0.2, 0.25) is 5.04 Å². The first-order valence-electron chi connectivity index (χ1n) is 11.5. The van der Waals surface area contributed by atoms with Gasteiger partial charge in [0.15, 0.2) is 18.0 Å². The molecule has 5 nitrogen and oxygen atoms in total. The minimum atomic E-state index is -2.85. The second-order valence-corrected chi connectivity index (χ2v) is 14.5. The molecule has 0 spiro atoms. The van der Waals surface area contributed by atoms with Gasteiger partial charge < -0.3 is 18.6 Å². The molecule has 0 amide bonds. The van der Waals surface area contributed by atoms with Crippen molar-refractivity contribution in [2.75, 3.05) is 0 Å². The number of carbonyl (C=O) groups is 1. The van der Waals surface area contributed by atoms with Crippen LogP contribution in [0.4, 0.5) is 0 Å². The molecule has 2 heterocycles. The lowest BCUT2D eigenvalue weighted by Crippen LogP contribution is -2.68. The molecule has 2 aromatic carbocycles. The fraction of sp³-hybridized carbons (Fsp3) is 0.444. The van der Waals surface area contributed by atoms with Gasteiger partial charge in [-0.3, -0.25) is 0 Å². The van der Waals surface area contributed by atoms with Crippen LogP contribution in [-0.2, 0) is 23.4 Å². The van der Waals surface area contributed by atoms with Crippen molar-refractivity contribution in [3.8, 4) is 0 Å². The van der Waals surface area contributed by atoms with E-state index in [2.05, 4.69) is 75.9 Å². The molecule has 0 aromatic heterocycles. The highest BCUT2D eigenvalue weighted by Gasteiger charge is 2.60. The van der Waals surface area contributed by atoms with E-state index in [1.807, 2.05) is 32.1 Å². The quantitative estimate of drug-likeness (QED) is 0.351. The molecule has 0 aliphatic carbocycles. The van der Waals surface area contributed by atoms with Crippen molar-refractivity contribution in [2.45, 2.75) is 76.3 Å². The van der Waals surface area contributed by atoms with Crippen LogP contribution in [0.1, 0.15) is 41.0 Å². The van der Waals surface area contributed by atoms with Crippen LogP contribution in [-0.4, -0.2) is 44.5 Å². The van der Waals surface area contributed by atoms with Crippen LogP contribution in [0, 0.1) is 0 Å². The average Bonchev–Trinajstić information content (AvgIpc) is 3.25. The third-order valence-corrected chi connectivity index (χ3v) is 11.5. The van der Waals surface area contributed by atoms with Gasteiger partial charge in [-0.15, -0.1) is 6.58 Å². The molecular weight excluding hydrogens is 432 g/mol. The van der Waals surface area contributed by atoms with E-state index in [-0.39, 0.29) is 5.04 Å². The van der Waals surface area contributed by atoms with Gasteiger partial charge in [-0.1, -0.05) is 87.5 Å². The first-order valence-corrected chi connectivity index (χ1v) is 13.5. The zero-order valence-corrected chi connectivity index (χ0v) is 21.1. The van der Waals surface area contributed by atoms with Gasteiger partial charge in [0.1, 0.15) is 6.10 Å². The molecule has 2 fully saturated rings. The minimum Gasteiger partial charge on any atom is -0.455 e. The van der Waals surface area contributed by atoms with Crippen molar-refractivity contribution < 1.29 is 23.4 Å². The van der Waals surface area contributed by atoms with E-state index in [9.17, 15) is 4.79 Å². The van der Waals surface area contributed by atoms with Crippen LogP contribution in [0.25, 0.3) is 0 Å². The maximum atomic E-state index is 12.7. The van der Waals surface area contributed by atoms with Gasteiger partial charge in [-0.25, -0.2) is 4.79 Å². The Hall–Kier alpha value is -2.25. The van der Waals surface area contributed by atoms with E-state index in [1.54, 1.807) is 0 Å². The molecule has 0 radical (unpaired) electrons. The number of benzene rings is 2. The first kappa shape index (κ1) is 23.9. The number of carbonyl (C=O) groups excluding carboxylic acids is 1. The lowest BCUT2D eigenvalue weighted by Gasteiger charge is -2.46. The van der Waals surface area contributed by atoms with Gasteiger partial charge in [-0.2, -0.15) is 0 Å². The number of hydrogen-bond acceptors (Lipinski definition) is 5. The second-order valence-electron chi connectivity index (χ2n) is 10.3. The average molecular weight is 467 g/mol. The van der Waals surface area contributed by atoms with E-state index >= 15 is 0 Å². The standard InChI is InChI=1S/C27H34O5Si/c1-7-14-21(22-23-24(25(28)29-22)31-27(5,6)30-23)32-33(26(2,3)4,19-15-10-8-11-16-19)20-17-12-9-13-18-20/h7-13,15-18,21-24H,1,14H2,2-6H3/t21-,22+,23-,24-/m0/s1. The van der Waals surface area contributed by atoms with Crippen molar-refractivity contribution >= 4 is 24.7 Å².